The summed E-state index contributed by atoms with van der Waals surface area (Å²) in [5, 5.41) is 2.76. The zero-order valence-electron chi connectivity index (χ0n) is 26.2. The number of anilines is 3. The van der Waals surface area contributed by atoms with Crippen LogP contribution in [-0.4, -0.2) is 99.1 Å². The lowest BCUT2D eigenvalue weighted by atomic mass is 10.0. The molecule has 44 heavy (non-hydrogen) atoms. The average Bonchev–Trinajstić information content (AvgIpc) is 3.51. The number of hydrogen-bond acceptors (Lipinski definition) is 10. The second-order valence-corrected chi connectivity index (χ2v) is 14.7. The number of aliphatic imine (C=N–C) groups is 1. The van der Waals surface area contributed by atoms with Gasteiger partial charge in [0.05, 0.1) is 40.7 Å². The first-order valence-electron chi connectivity index (χ1n) is 15.6. The Labute approximate surface area is 261 Å². The third-order valence-electron chi connectivity index (χ3n) is 9.10. The minimum atomic E-state index is -3.50. The fourth-order valence-electron chi connectivity index (χ4n) is 6.34. The molecular formula is C33H43N7O3S. The monoisotopic (exact) mass is 617 g/mol. The number of piperazine rings is 1. The molecule has 0 radical (unpaired) electrons. The van der Waals surface area contributed by atoms with E-state index < -0.39 is 15.1 Å². The van der Waals surface area contributed by atoms with Crippen LogP contribution in [0.15, 0.2) is 52.4 Å². The Bertz CT molecular complexity index is 1630. The zero-order chi connectivity index (χ0) is 30.8. The molecule has 2 saturated heterocycles. The van der Waals surface area contributed by atoms with Crippen LogP contribution in [0.5, 0.6) is 5.75 Å². The maximum Gasteiger partial charge on any atom is 0.182 e. The van der Waals surface area contributed by atoms with E-state index in [0.717, 1.165) is 48.7 Å². The molecule has 1 aromatic heterocycles. The molecule has 0 saturated carbocycles. The molecule has 0 amide bonds. The van der Waals surface area contributed by atoms with Crippen molar-refractivity contribution in [1.29, 1.82) is 0 Å². The Morgan fingerprint density at radius 2 is 1.75 bits per heavy atom. The SMILES string of the molecule is COc1cc(N2CCC(N3CCN(C)CC3)CC2)ccc1Cc1nc2c(c(Nc3ccccc3S(=O)(=O)C(C)C)n1)C=NC2. The normalized spacial score (nSPS) is 18.2. The third kappa shape index (κ3) is 6.31. The summed E-state index contributed by atoms with van der Waals surface area (Å²) in [7, 11) is 0.418. The van der Waals surface area contributed by atoms with E-state index in [2.05, 4.69) is 50.3 Å². The van der Waals surface area contributed by atoms with Crippen molar-refractivity contribution in [3.8, 4) is 5.75 Å². The molecule has 234 valence electrons. The second-order valence-electron chi connectivity index (χ2n) is 12.3. The van der Waals surface area contributed by atoms with E-state index in [4.69, 9.17) is 14.7 Å². The van der Waals surface area contributed by atoms with Gasteiger partial charge in [0.2, 0.25) is 0 Å². The summed E-state index contributed by atoms with van der Waals surface area (Å²) in [6.07, 6.45) is 4.58. The fraction of sp³-hybridized carbons (Fsp3) is 0.485. The van der Waals surface area contributed by atoms with Crippen LogP contribution < -0.4 is 15.0 Å². The van der Waals surface area contributed by atoms with E-state index >= 15 is 0 Å². The number of fused-ring (bicyclic) bond motifs is 1. The molecule has 11 heteroatoms. The molecule has 0 bridgehead atoms. The second kappa shape index (κ2) is 12.8. The van der Waals surface area contributed by atoms with Crippen molar-refractivity contribution in [2.45, 2.75) is 55.8 Å². The minimum Gasteiger partial charge on any atom is -0.496 e. The van der Waals surface area contributed by atoms with Gasteiger partial charge < -0.3 is 19.9 Å². The molecule has 0 atom stereocenters. The average molecular weight is 618 g/mol. The van der Waals surface area contributed by atoms with E-state index in [1.165, 1.54) is 31.6 Å². The molecule has 3 aliphatic heterocycles. The van der Waals surface area contributed by atoms with Crippen LogP contribution in [0.1, 0.15) is 49.3 Å². The van der Waals surface area contributed by atoms with Crippen molar-refractivity contribution in [2.75, 3.05) is 63.6 Å². The number of hydrogen-bond donors (Lipinski definition) is 1. The van der Waals surface area contributed by atoms with Crippen LogP contribution in [0.4, 0.5) is 17.2 Å². The molecule has 6 rings (SSSR count). The highest BCUT2D eigenvalue weighted by Crippen LogP contribution is 2.33. The first kappa shape index (κ1) is 30.5. The lowest BCUT2D eigenvalue weighted by molar-refractivity contribution is 0.0982. The summed E-state index contributed by atoms with van der Waals surface area (Å²) in [4.78, 5) is 21.9. The van der Waals surface area contributed by atoms with Gasteiger partial charge in [-0.05, 0) is 51.9 Å². The van der Waals surface area contributed by atoms with E-state index in [-0.39, 0.29) is 4.90 Å². The number of nitrogens with zero attached hydrogens (tertiary/aromatic N) is 6. The number of likely N-dealkylation sites (N-methyl/N-ethyl adjacent to an activating group) is 1. The number of benzene rings is 2. The van der Waals surface area contributed by atoms with Gasteiger partial charge in [-0.15, -0.1) is 0 Å². The number of aromatic nitrogens is 2. The molecule has 0 unspecified atom stereocenters. The number of sulfone groups is 1. The van der Waals surface area contributed by atoms with Crippen molar-refractivity contribution in [3.05, 3.63) is 65.1 Å². The van der Waals surface area contributed by atoms with Gasteiger partial charge in [0.15, 0.2) is 9.84 Å². The fourth-order valence-corrected chi connectivity index (χ4v) is 7.54. The highest BCUT2D eigenvalue weighted by molar-refractivity contribution is 7.92. The summed E-state index contributed by atoms with van der Waals surface area (Å²) in [6.45, 7) is 10.6. The Balaban J connectivity index is 1.20. The molecule has 2 fully saturated rings. The molecule has 3 aliphatic rings. The van der Waals surface area contributed by atoms with Gasteiger partial charge >= 0.3 is 0 Å². The van der Waals surface area contributed by atoms with E-state index in [1.807, 2.05) is 6.07 Å². The predicted octanol–water partition coefficient (Wildman–Crippen LogP) is 4.15. The van der Waals surface area contributed by atoms with Gasteiger partial charge in [-0.2, -0.15) is 0 Å². The van der Waals surface area contributed by atoms with Crippen LogP contribution in [0.2, 0.25) is 0 Å². The van der Waals surface area contributed by atoms with E-state index in [0.29, 0.717) is 36.3 Å². The summed E-state index contributed by atoms with van der Waals surface area (Å²) >= 11 is 0. The highest BCUT2D eigenvalue weighted by Gasteiger charge is 2.28. The van der Waals surface area contributed by atoms with Crippen molar-refractivity contribution < 1.29 is 13.2 Å². The third-order valence-corrected chi connectivity index (χ3v) is 11.3. The molecule has 2 aromatic carbocycles. The first-order valence-corrected chi connectivity index (χ1v) is 17.1. The quantitative estimate of drug-likeness (QED) is 0.379. The van der Waals surface area contributed by atoms with Crippen molar-refractivity contribution in [2.24, 2.45) is 4.99 Å². The van der Waals surface area contributed by atoms with Gasteiger partial charge in [-0.25, -0.2) is 18.4 Å². The molecule has 4 heterocycles. The van der Waals surface area contributed by atoms with Gasteiger partial charge in [0, 0.05) is 75.3 Å². The zero-order valence-corrected chi connectivity index (χ0v) is 27.0. The van der Waals surface area contributed by atoms with Crippen molar-refractivity contribution in [3.63, 3.8) is 0 Å². The van der Waals surface area contributed by atoms with Gasteiger partial charge in [0.1, 0.15) is 17.4 Å². The molecule has 0 spiro atoms. The molecule has 3 aromatic rings. The maximum atomic E-state index is 13.1. The molecule has 1 N–H and O–H groups in total. The standard InChI is InChI=1S/C33H43N7O3S/c1-23(2)44(41,42)31-8-6-5-7-28(31)36-33-27-21-34-22-29(27)35-32(37-33)19-24-9-10-26(20-30(24)43-4)39-13-11-25(12-14-39)40-17-15-38(3)16-18-40/h5-10,20-21,23,25H,11-19,22H2,1-4H3,(H,35,36,37). The Morgan fingerprint density at radius 3 is 2.48 bits per heavy atom. The number of methoxy groups -OCH3 is 1. The molecule has 10 nitrogen and oxygen atoms in total. The summed E-state index contributed by atoms with van der Waals surface area (Å²) in [5.74, 6) is 1.99. The predicted molar refractivity (Wildman–Crippen MR) is 175 cm³/mol. The summed E-state index contributed by atoms with van der Waals surface area (Å²) in [5.41, 5.74) is 4.27. The van der Waals surface area contributed by atoms with Crippen LogP contribution in [-0.2, 0) is 22.8 Å². The summed E-state index contributed by atoms with van der Waals surface area (Å²) < 4.78 is 32.0. The maximum absolute atomic E-state index is 13.1. The van der Waals surface area contributed by atoms with Crippen LogP contribution in [0.3, 0.4) is 0 Å². The number of rotatable bonds is 9. The van der Waals surface area contributed by atoms with Crippen LogP contribution in [0, 0.1) is 0 Å². The van der Waals surface area contributed by atoms with Gasteiger partial charge in [-0.1, -0.05) is 18.2 Å². The number of nitrogens with one attached hydrogen (secondary N) is 1. The van der Waals surface area contributed by atoms with E-state index in [1.54, 1.807) is 45.4 Å². The number of ether oxygens (including phenoxy) is 1. The van der Waals surface area contributed by atoms with Crippen LogP contribution >= 0.6 is 0 Å². The topological polar surface area (TPSA) is 103 Å². The Morgan fingerprint density at radius 1 is 1.00 bits per heavy atom. The Hall–Kier alpha value is -3.54. The Kier molecular flexibility index (Phi) is 8.89. The van der Waals surface area contributed by atoms with Gasteiger partial charge in [0.25, 0.3) is 0 Å². The van der Waals surface area contributed by atoms with Crippen LogP contribution in [0.25, 0.3) is 0 Å². The highest BCUT2D eigenvalue weighted by atomic mass is 32.2. The molecular weight excluding hydrogens is 574 g/mol. The van der Waals surface area contributed by atoms with E-state index in [9.17, 15) is 8.42 Å². The number of piperidine rings is 1. The minimum absolute atomic E-state index is 0.253. The first-order chi connectivity index (χ1) is 21.2. The summed E-state index contributed by atoms with van der Waals surface area (Å²) in [6, 6.07) is 14.1. The van der Waals surface area contributed by atoms with Gasteiger partial charge in [-0.3, -0.25) is 9.89 Å². The lowest BCUT2D eigenvalue weighted by Gasteiger charge is -2.42. The number of para-hydroxylation sites is 1. The van der Waals surface area contributed by atoms with Crippen molar-refractivity contribution >= 4 is 33.2 Å². The molecule has 0 aliphatic carbocycles. The lowest BCUT2D eigenvalue weighted by Crippen LogP contribution is -2.52. The van der Waals surface area contributed by atoms with Crippen molar-refractivity contribution in [1.82, 2.24) is 19.8 Å². The smallest absolute Gasteiger partial charge is 0.182 e. The largest absolute Gasteiger partial charge is 0.496 e.